The van der Waals surface area contributed by atoms with Crippen molar-refractivity contribution in [3.05, 3.63) is 28.3 Å². The van der Waals surface area contributed by atoms with Gasteiger partial charge in [0.05, 0.1) is 25.7 Å². The molecule has 2 unspecified atom stereocenters. The Balaban J connectivity index is 2.42. The molecule has 1 aliphatic rings. The van der Waals surface area contributed by atoms with E-state index in [1.165, 1.54) is 7.11 Å². The van der Waals surface area contributed by atoms with Crippen molar-refractivity contribution in [1.82, 2.24) is 0 Å². The number of hydrogen-bond acceptors (Lipinski definition) is 4. The summed E-state index contributed by atoms with van der Waals surface area (Å²) in [6, 6.07) is 3.50. The summed E-state index contributed by atoms with van der Waals surface area (Å²) in [6.07, 6.45) is -0.537. The molecule has 104 valence electrons. The number of fused-ring (bicyclic) bond motifs is 1. The molecule has 2 atom stereocenters. The number of carbonyl (C=O) groups is 1. The molecule has 0 aromatic heterocycles. The van der Waals surface area contributed by atoms with E-state index in [0.717, 1.165) is 9.99 Å². The first-order valence-corrected chi connectivity index (χ1v) is 7.75. The number of alkyl halides is 1. The van der Waals surface area contributed by atoms with Crippen LogP contribution in [0.25, 0.3) is 0 Å². The van der Waals surface area contributed by atoms with Gasteiger partial charge in [0.25, 0.3) is 0 Å². The van der Waals surface area contributed by atoms with Crippen LogP contribution in [-0.2, 0) is 14.0 Å². The van der Waals surface area contributed by atoms with Crippen LogP contribution in [0.2, 0.25) is 5.02 Å². The quantitative estimate of drug-likeness (QED) is 0.474. The highest BCUT2D eigenvalue weighted by atomic mass is 127. The van der Waals surface area contributed by atoms with E-state index in [1.807, 2.05) is 6.07 Å². The molecule has 1 aromatic carbocycles. The lowest BCUT2D eigenvalue weighted by Crippen LogP contribution is -2.23. The molecule has 0 spiro atoms. The first-order chi connectivity index (χ1) is 9.08. The zero-order valence-electron chi connectivity index (χ0n) is 10.4. The third-order valence-corrected chi connectivity index (χ3v) is 4.39. The third kappa shape index (κ3) is 2.98. The van der Waals surface area contributed by atoms with Gasteiger partial charge >= 0.3 is 5.97 Å². The van der Waals surface area contributed by atoms with Crippen LogP contribution in [0.4, 0.5) is 0 Å². The summed E-state index contributed by atoms with van der Waals surface area (Å²) >= 11 is 8.37. The molecule has 1 N–H and O–H groups in total. The largest absolute Gasteiger partial charge is 0.493 e. The molecule has 0 fully saturated rings. The Hall–Kier alpha value is -0.530. The van der Waals surface area contributed by atoms with Crippen molar-refractivity contribution in [1.29, 1.82) is 0 Å². The number of aliphatic hydroxyl groups is 1. The molecule has 6 heteroatoms. The van der Waals surface area contributed by atoms with Crippen LogP contribution in [0, 0.1) is 5.92 Å². The number of benzene rings is 1. The summed E-state index contributed by atoms with van der Waals surface area (Å²) < 4.78 is 11.1. The minimum absolute atomic E-state index is 0.367. The van der Waals surface area contributed by atoms with Gasteiger partial charge in [-0.1, -0.05) is 34.2 Å². The first-order valence-electron chi connectivity index (χ1n) is 5.85. The van der Waals surface area contributed by atoms with Gasteiger partial charge in [-0.05, 0) is 24.1 Å². The highest BCUT2D eigenvalue weighted by Crippen LogP contribution is 2.39. The smallest absolute Gasteiger partial charge is 0.311 e. The maximum absolute atomic E-state index is 11.7. The predicted octanol–water partition coefficient (Wildman–Crippen LogP) is 2.88. The van der Waals surface area contributed by atoms with E-state index < -0.39 is 18.0 Å². The molecule has 2 rings (SSSR count). The van der Waals surface area contributed by atoms with Crippen molar-refractivity contribution in [2.75, 3.05) is 13.7 Å². The second-order valence-corrected chi connectivity index (χ2v) is 5.50. The van der Waals surface area contributed by atoms with Crippen LogP contribution in [0.15, 0.2) is 12.1 Å². The van der Waals surface area contributed by atoms with Crippen molar-refractivity contribution in [3.63, 3.8) is 0 Å². The number of rotatable bonds is 2. The molecular weight excluding hydrogens is 382 g/mol. The molecule has 1 aliphatic heterocycles. The van der Waals surface area contributed by atoms with Crippen LogP contribution in [0.5, 0.6) is 5.75 Å². The van der Waals surface area contributed by atoms with Crippen molar-refractivity contribution >= 4 is 40.2 Å². The Morgan fingerprint density at radius 1 is 1.63 bits per heavy atom. The van der Waals surface area contributed by atoms with Gasteiger partial charge in [-0.15, -0.1) is 0 Å². The van der Waals surface area contributed by atoms with E-state index >= 15 is 0 Å². The van der Waals surface area contributed by atoms with Crippen LogP contribution in [-0.4, -0.2) is 24.8 Å². The molecule has 1 heterocycles. The Kier molecular flexibility index (Phi) is 4.92. The predicted molar refractivity (Wildman–Crippen MR) is 79.8 cm³/mol. The number of halogens is 2. The fourth-order valence-electron chi connectivity index (χ4n) is 2.14. The molecule has 4 nitrogen and oxygen atoms in total. The summed E-state index contributed by atoms with van der Waals surface area (Å²) in [5.41, 5.74) is 1.50. The molecule has 0 bridgehead atoms. The molecule has 0 radical (unpaired) electrons. The monoisotopic (exact) mass is 396 g/mol. The fourth-order valence-corrected chi connectivity index (χ4v) is 3.23. The van der Waals surface area contributed by atoms with Gasteiger partial charge < -0.3 is 14.6 Å². The molecule has 0 saturated heterocycles. The fraction of sp³-hybridized carbons (Fsp3) is 0.462. The van der Waals surface area contributed by atoms with E-state index in [9.17, 15) is 9.90 Å². The maximum Gasteiger partial charge on any atom is 0.311 e. The molecule has 0 saturated carbocycles. The van der Waals surface area contributed by atoms with E-state index in [4.69, 9.17) is 21.1 Å². The molecular formula is C13H14ClIO4. The van der Waals surface area contributed by atoms with Crippen LogP contribution < -0.4 is 4.74 Å². The highest BCUT2D eigenvalue weighted by molar-refractivity contribution is 14.1. The van der Waals surface area contributed by atoms with Gasteiger partial charge in [0.2, 0.25) is 0 Å². The Morgan fingerprint density at radius 2 is 2.37 bits per heavy atom. The van der Waals surface area contributed by atoms with Gasteiger partial charge in [-0.25, -0.2) is 0 Å². The second-order valence-electron chi connectivity index (χ2n) is 4.33. The summed E-state index contributed by atoms with van der Waals surface area (Å²) in [7, 11) is 1.31. The lowest BCUT2D eigenvalue weighted by atomic mass is 9.93. The average Bonchev–Trinajstić information content (AvgIpc) is 2.57. The van der Waals surface area contributed by atoms with Crippen LogP contribution >= 0.6 is 34.2 Å². The zero-order valence-corrected chi connectivity index (χ0v) is 13.3. The van der Waals surface area contributed by atoms with Crippen LogP contribution in [0.3, 0.4) is 0 Å². The molecule has 0 amide bonds. The molecule has 1 aromatic rings. The molecule has 0 aliphatic carbocycles. The van der Waals surface area contributed by atoms with Crippen LogP contribution in [0.1, 0.15) is 23.7 Å². The lowest BCUT2D eigenvalue weighted by molar-refractivity contribution is -0.150. The Morgan fingerprint density at radius 3 is 3.00 bits per heavy atom. The molecule has 19 heavy (non-hydrogen) atoms. The second kappa shape index (κ2) is 6.28. The van der Waals surface area contributed by atoms with Crippen molar-refractivity contribution < 1.29 is 19.4 Å². The Bertz CT molecular complexity index is 492. The summed E-state index contributed by atoms with van der Waals surface area (Å²) in [5.74, 6) is -0.458. The number of methoxy groups -OCH3 is 1. The van der Waals surface area contributed by atoms with Gasteiger partial charge in [-0.3, -0.25) is 4.79 Å². The van der Waals surface area contributed by atoms with Gasteiger partial charge in [0, 0.05) is 15.0 Å². The summed E-state index contributed by atoms with van der Waals surface area (Å²) in [4.78, 5) is 11.7. The van der Waals surface area contributed by atoms with Gasteiger partial charge in [0.1, 0.15) is 5.75 Å². The zero-order chi connectivity index (χ0) is 14.0. The average molecular weight is 397 g/mol. The summed E-state index contributed by atoms with van der Waals surface area (Å²) in [6.45, 7) is 0.367. The maximum atomic E-state index is 11.7. The van der Waals surface area contributed by atoms with E-state index in [0.29, 0.717) is 29.4 Å². The Labute approximate surface area is 130 Å². The van der Waals surface area contributed by atoms with Crippen molar-refractivity contribution in [2.24, 2.45) is 5.92 Å². The highest BCUT2D eigenvalue weighted by Gasteiger charge is 2.33. The number of aliphatic hydroxyl groups excluding tert-OH is 1. The SMILES string of the molecule is COC(=O)C1CCOc2cc(CI)c(Cl)cc2C1O. The van der Waals surface area contributed by atoms with E-state index in [1.54, 1.807) is 6.07 Å². The summed E-state index contributed by atoms with van der Waals surface area (Å²) in [5, 5.41) is 10.9. The number of hydrogen-bond donors (Lipinski definition) is 1. The van der Waals surface area contributed by atoms with Gasteiger partial charge in [-0.2, -0.15) is 0 Å². The minimum Gasteiger partial charge on any atom is -0.493 e. The standard InChI is InChI=1S/C13H14ClIO4/c1-18-13(17)8-2-3-19-11-4-7(6-15)10(14)5-9(11)12(8)16/h4-5,8,12,16H,2-3,6H2,1H3. The number of carbonyl (C=O) groups excluding carboxylic acids is 1. The van der Waals surface area contributed by atoms with E-state index in [2.05, 4.69) is 22.6 Å². The van der Waals surface area contributed by atoms with Crippen molar-refractivity contribution in [3.8, 4) is 5.75 Å². The van der Waals surface area contributed by atoms with Crippen molar-refractivity contribution in [2.45, 2.75) is 17.0 Å². The normalized spacial score (nSPS) is 22.1. The topological polar surface area (TPSA) is 55.8 Å². The number of ether oxygens (including phenoxy) is 2. The van der Waals surface area contributed by atoms with E-state index in [-0.39, 0.29) is 0 Å². The first kappa shape index (κ1) is 14.9. The van der Waals surface area contributed by atoms with Gasteiger partial charge in [0.15, 0.2) is 0 Å². The lowest BCUT2D eigenvalue weighted by Gasteiger charge is -2.18. The third-order valence-electron chi connectivity index (χ3n) is 3.21. The number of esters is 1. The minimum atomic E-state index is -0.953.